The third kappa shape index (κ3) is 2.93. The highest BCUT2D eigenvalue weighted by molar-refractivity contribution is 5.80. The fourth-order valence-corrected chi connectivity index (χ4v) is 4.13. The lowest BCUT2D eigenvalue weighted by Crippen LogP contribution is -2.66. The summed E-state index contributed by atoms with van der Waals surface area (Å²) in [5, 5.41) is 0. The van der Waals surface area contributed by atoms with Crippen LogP contribution in [-0.2, 0) is 9.53 Å². The molecular formula is C19H24N2O3. The van der Waals surface area contributed by atoms with Crippen molar-refractivity contribution < 1.29 is 14.3 Å². The first kappa shape index (κ1) is 15.6. The van der Waals surface area contributed by atoms with Crippen LogP contribution < -0.4 is 4.74 Å². The van der Waals surface area contributed by atoms with Gasteiger partial charge in [0.15, 0.2) is 0 Å². The maximum absolute atomic E-state index is 12.5. The van der Waals surface area contributed by atoms with Crippen LogP contribution in [0.3, 0.4) is 0 Å². The summed E-state index contributed by atoms with van der Waals surface area (Å²) in [7, 11) is 0. The van der Waals surface area contributed by atoms with Gasteiger partial charge in [0, 0.05) is 18.7 Å². The molecule has 5 nitrogen and oxygen atoms in total. The number of amides is 1. The molecule has 24 heavy (non-hydrogen) atoms. The maximum atomic E-state index is 12.5. The number of likely N-dealkylation sites (tertiary alicyclic amines) is 1. The molecule has 2 fully saturated rings. The van der Waals surface area contributed by atoms with E-state index in [0.717, 1.165) is 51.1 Å². The Morgan fingerprint density at radius 2 is 2.21 bits per heavy atom. The van der Waals surface area contributed by atoms with Crippen LogP contribution in [0.2, 0.25) is 0 Å². The van der Waals surface area contributed by atoms with E-state index < -0.39 is 0 Å². The Morgan fingerprint density at radius 1 is 1.38 bits per heavy atom. The number of carbonyl (C=O) groups excluding carboxylic acids is 1. The van der Waals surface area contributed by atoms with Gasteiger partial charge in [-0.25, -0.2) is 0 Å². The second kappa shape index (κ2) is 6.55. The van der Waals surface area contributed by atoms with Crippen LogP contribution in [0.15, 0.2) is 36.7 Å². The molecule has 0 N–H and O–H groups in total. The topological polar surface area (TPSA) is 51.7 Å². The van der Waals surface area contributed by atoms with Crippen LogP contribution in [-0.4, -0.2) is 47.7 Å². The quantitative estimate of drug-likeness (QED) is 0.779. The van der Waals surface area contributed by atoms with Crippen LogP contribution in [0, 0.1) is 11.8 Å². The molecular weight excluding hydrogens is 304 g/mol. The van der Waals surface area contributed by atoms with Gasteiger partial charge in [0.2, 0.25) is 5.91 Å². The number of carbonyl (C=O) groups is 1. The Labute approximate surface area is 142 Å². The van der Waals surface area contributed by atoms with Crippen molar-refractivity contribution in [2.75, 3.05) is 26.3 Å². The molecule has 1 aliphatic carbocycles. The van der Waals surface area contributed by atoms with E-state index in [2.05, 4.69) is 17.1 Å². The van der Waals surface area contributed by atoms with Crippen molar-refractivity contribution in [2.45, 2.75) is 31.3 Å². The Balaban J connectivity index is 1.27. The van der Waals surface area contributed by atoms with Gasteiger partial charge in [0.05, 0.1) is 25.9 Å². The van der Waals surface area contributed by atoms with Gasteiger partial charge in [-0.05, 0) is 43.7 Å². The Hall–Kier alpha value is -1.88. The van der Waals surface area contributed by atoms with E-state index in [1.54, 1.807) is 12.4 Å². The maximum Gasteiger partial charge on any atom is 0.226 e. The number of ether oxygens (including phenoxy) is 2. The molecule has 128 valence electrons. The van der Waals surface area contributed by atoms with Crippen molar-refractivity contribution in [1.29, 1.82) is 0 Å². The first-order chi connectivity index (χ1) is 11.8. The smallest absolute Gasteiger partial charge is 0.226 e. The van der Waals surface area contributed by atoms with Crippen molar-refractivity contribution in [2.24, 2.45) is 11.8 Å². The largest absolute Gasteiger partial charge is 0.492 e. The number of hydrogen-bond acceptors (Lipinski definition) is 4. The highest BCUT2D eigenvalue weighted by Gasteiger charge is 2.54. The van der Waals surface area contributed by atoms with Gasteiger partial charge in [-0.15, -0.1) is 0 Å². The third-order valence-electron chi connectivity index (χ3n) is 5.56. The first-order valence-corrected chi connectivity index (χ1v) is 8.87. The Bertz CT molecular complexity index is 602. The van der Waals surface area contributed by atoms with Crippen LogP contribution in [0.4, 0.5) is 0 Å². The second-order valence-electron chi connectivity index (χ2n) is 7.06. The minimum Gasteiger partial charge on any atom is -0.492 e. The molecule has 0 saturated carbocycles. The molecule has 2 saturated heterocycles. The van der Waals surface area contributed by atoms with Crippen molar-refractivity contribution >= 4 is 5.91 Å². The predicted octanol–water partition coefficient (Wildman–Crippen LogP) is 2.43. The molecule has 1 aromatic heterocycles. The molecule has 2 aliphatic heterocycles. The summed E-state index contributed by atoms with van der Waals surface area (Å²) in [5.74, 6) is 1.74. The highest BCUT2D eigenvalue weighted by atomic mass is 16.5. The van der Waals surface area contributed by atoms with Gasteiger partial charge in [0.1, 0.15) is 11.4 Å². The van der Waals surface area contributed by atoms with Gasteiger partial charge >= 0.3 is 0 Å². The van der Waals surface area contributed by atoms with Crippen LogP contribution in [0.25, 0.3) is 0 Å². The van der Waals surface area contributed by atoms with E-state index in [1.807, 2.05) is 17.0 Å². The fraction of sp³-hybridized carbons (Fsp3) is 0.579. The van der Waals surface area contributed by atoms with Crippen molar-refractivity contribution in [3.63, 3.8) is 0 Å². The number of aromatic nitrogens is 1. The fourth-order valence-electron chi connectivity index (χ4n) is 4.13. The molecule has 3 heterocycles. The zero-order valence-corrected chi connectivity index (χ0v) is 13.9. The van der Waals surface area contributed by atoms with Gasteiger partial charge in [-0.1, -0.05) is 12.2 Å². The molecule has 3 aliphatic rings. The number of pyridine rings is 1. The van der Waals surface area contributed by atoms with Crippen LogP contribution >= 0.6 is 0 Å². The minimum absolute atomic E-state index is 0.125. The number of allylic oxidation sites excluding steroid dienone is 2. The normalized spacial score (nSPS) is 25.2. The monoisotopic (exact) mass is 328 g/mol. The lowest BCUT2D eigenvalue weighted by atomic mass is 9.78. The SMILES string of the molecule is O=C(C1CC=CC1)N1CC2(C1)OCCC2CCOc1cccnc1. The summed E-state index contributed by atoms with van der Waals surface area (Å²) < 4.78 is 11.8. The Kier molecular flexibility index (Phi) is 4.27. The van der Waals surface area contributed by atoms with Crippen molar-refractivity contribution in [3.05, 3.63) is 36.7 Å². The van der Waals surface area contributed by atoms with Gasteiger partial charge in [0.25, 0.3) is 0 Å². The molecule has 1 amide bonds. The summed E-state index contributed by atoms with van der Waals surface area (Å²) in [5.41, 5.74) is -0.125. The first-order valence-electron chi connectivity index (χ1n) is 8.87. The molecule has 0 bridgehead atoms. The van der Waals surface area contributed by atoms with E-state index >= 15 is 0 Å². The van der Waals surface area contributed by atoms with E-state index in [0.29, 0.717) is 18.4 Å². The van der Waals surface area contributed by atoms with Crippen LogP contribution in [0.5, 0.6) is 5.75 Å². The number of rotatable bonds is 5. The van der Waals surface area contributed by atoms with Gasteiger partial charge < -0.3 is 14.4 Å². The zero-order valence-electron chi connectivity index (χ0n) is 13.9. The Morgan fingerprint density at radius 3 is 2.96 bits per heavy atom. The zero-order chi connectivity index (χ0) is 16.4. The standard InChI is InChI=1S/C19H24N2O3/c22-18(15-4-1-2-5-15)21-13-19(14-21)16(8-11-24-19)7-10-23-17-6-3-9-20-12-17/h1-3,6,9,12,15-16H,4-5,7-8,10-11,13-14H2. The second-order valence-corrected chi connectivity index (χ2v) is 7.06. The predicted molar refractivity (Wildman–Crippen MR) is 89.6 cm³/mol. The average Bonchev–Trinajstić information content (AvgIpc) is 3.24. The summed E-state index contributed by atoms with van der Waals surface area (Å²) in [6.07, 6.45) is 11.5. The van der Waals surface area contributed by atoms with Gasteiger partial charge in [-0.3, -0.25) is 9.78 Å². The molecule has 1 unspecified atom stereocenters. The molecule has 1 aromatic rings. The van der Waals surface area contributed by atoms with Gasteiger partial charge in [-0.2, -0.15) is 0 Å². The summed E-state index contributed by atoms with van der Waals surface area (Å²) in [6, 6.07) is 3.80. The molecule has 1 atom stereocenters. The third-order valence-corrected chi connectivity index (χ3v) is 5.56. The molecule has 1 spiro atoms. The van der Waals surface area contributed by atoms with E-state index in [1.165, 1.54) is 0 Å². The van der Waals surface area contributed by atoms with E-state index in [9.17, 15) is 4.79 Å². The highest BCUT2D eigenvalue weighted by Crippen LogP contribution is 2.42. The lowest BCUT2D eigenvalue weighted by molar-refractivity contribution is -0.169. The van der Waals surface area contributed by atoms with Crippen molar-refractivity contribution in [1.82, 2.24) is 9.88 Å². The number of hydrogen-bond donors (Lipinski definition) is 0. The average molecular weight is 328 g/mol. The summed E-state index contributed by atoms with van der Waals surface area (Å²) >= 11 is 0. The molecule has 5 heteroatoms. The van der Waals surface area contributed by atoms with Crippen molar-refractivity contribution in [3.8, 4) is 5.75 Å². The number of nitrogens with zero attached hydrogens (tertiary/aromatic N) is 2. The molecule has 0 radical (unpaired) electrons. The van der Waals surface area contributed by atoms with Crippen LogP contribution in [0.1, 0.15) is 25.7 Å². The lowest BCUT2D eigenvalue weighted by Gasteiger charge is -2.51. The van der Waals surface area contributed by atoms with E-state index in [4.69, 9.17) is 9.47 Å². The molecule has 0 aromatic carbocycles. The minimum atomic E-state index is -0.125. The summed E-state index contributed by atoms with van der Waals surface area (Å²) in [4.78, 5) is 18.5. The van der Waals surface area contributed by atoms with E-state index in [-0.39, 0.29) is 11.5 Å². The molecule has 4 rings (SSSR count). The summed E-state index contributed by atoms with van der Waals surface area (Å²) in [6.45, 7) is 2.96.